The Morgan fingerprint density at radius 1 is 1.31 bits per heavy atom. The molecule has 0 aliphatic heterocycles. The summed E-state index contributed by atoms with van der Waals surface area (Å²) in [4.78, 5) is 21.1. The van der Waals surface area contributed by atoms with Crippen molar-refractivity contribution in [2.75, 3.05) is 6.54 Å². The summed E-state index contributed by atoms with van der Waals surface area (Å²) in [7, 11) is 0. The lowest BCUT2D eigenvalue weighted by Gasteiger charge is -2.16. The van der Waals surface area contributed by atoms with E-state index >= 15 is 0 Å². The molecule has 2 N–H and O–H groups in total. The third-order valence-corrected chi connectivity index (χ3v) is 2.12. The zero-order chi connectivity index (χ0) is 12.9. The monoisotopic (exact) mass is 241 g/mol. The summed E-state index contributed by atoms with van der Waals surface area (Å²) in [6, 6.07) is 0. The second kappa shape index (κ2) is 5.72. The van der Waals surface area contributed by atoms with Crippen molar-refractivity contribution in [2.45, 2.75) is 26.4 Å². The Morgan fingerprint density at radius 3 is 2.12 bits per heavy atom. The molecule has 16 heavy (non-hydrogen) atoms. The molecule has 7 heteroatoms. The number of hydrogen-bond donors (Lipinski definition) is 2. The largest absolute Gasteiger partial charge is 0.481 e. The minimum Gasteiger partial charge on any atom is -0.481 e. The number of amides is 1. The number of hydrogen-bond acceptors (Lipinski definition) is 2. The van der Waals surface area contributed by atoms with E-state index in [2.05, 4.69) is 0 Å². The number of rotatable bonds is 5. The molecule has 1 atom stereocenters. The first-order valence-corrected chi connectivity index (χ1v) is 4.74. The molecule has 0 radical (unpaired) electrons. The van der Waals surface area contributed by atoms with Crippen LogP contribution in [0.1, 0.15) is 20.3 Å². The maximum atomic E-state index is 11.8. The number of carbonyl (C=O) groups is 2. The minimum absolute atomic E-state index is 0.0190. The standard InChI is InChI=1S/C9H14F3NO3/c1-5(2)6(7(14)15)3-4-13-8(16)9(10,11)12/h5-6H,3-4H2,1-2H3,(H,13,16)(H,14,15). The summed E-state index contributed by atoms with van der Waals surface area (Å²) in [6.07, 6.45) is -4.94. The molecule has 0 aliphatic carbocycles. The molecule has 4 nitrogen and oxygen atoms in total. The summed E-state index contributed by atoms with van der Waals surface area (Å²) in [5, 5.41) is 10.4. The summed E-state index contributed by atoms with van der Waals surface area (Å²) in [5.41, 5.74) is 0. The van der Waals surface area contributed by atoms with Gasteiger partial charge in [-0.25, -0.2) is 0 Å². The maximum absolute atomic E-state index is 11.8. The summed E-state index contributed by atoms with van der Waals surface area (Å²) in [5.74, 6) is -4.06. The lowest BCUT2D eigenvalue weighted by molar-refractivity contribution is -0.173. The highest BCUT2D eigenvalue weighted by Gasteiger charge is 2.38. The summed E-state index contributed by atoms with van der Waals surface area (Å²) < 4.78 is 35.3. The Hall–Kier alpha value is -1.27. The van der Waals surface area contributed by atoms with E-state index in [0.717, 1.165) is 0 Å². The highest BCUT2D eigenvalue weighted by molar-refractivity contribution is 5.81. The minimum atomic E-state index is -4.92. The van der Waals surface area contributed by atoms with Crippen LogP contribution in [0.3, 0.4) is 0 Å². The lowest BCUT2D eigenvalue weighted by atomic mass is 9.93. The van der Waals surface area contributed by atoms with Crippen LogP contribution in [-0.2, 0) is 9.59 Å². The molecular formula is C9H14F3NO3. The third-order valence-electron chi connectivity index (χ3n) is 2.12. The summed E-state index contributed by atoms with van der Waals surface area (Å²) in [6.45, 7) is 3.02. The molecule has 0 spiro atoms. The molecule has 0 saturated carbocycles. The normalized spacial score (nSPS) is 13.6. The molecular weight excluding hydrogens is 227 g/mol. The van der Waals surface area contributed by atoms with Gasteiger partial charge in [-0.05, 0) is 12.3 Å². The van der Waals surface area contributed by atoms with Crippen LogP contribution in [0.15, 0.2) is 0 Å². The van der Waals surface area contributed by atoms with Gasteiger partial charge in [-0.15, -0.1) is 0 Å². The van der Waals surface area contributed by atoms with Crippen LogP contribution < -0.4 is 5.32 Å². The van der Waals surface area contributed by atoms with Crippen molar-refractivity contribution in [3.63, 3.8) is 0 Å². The second-order valence-corrected chi connectivity index (χ2v) is 3.73. The maximum Gasteiger partial charge on any atom is 0.471 e. The smallest absolute Gasteiger partial charge is 0.471 e. The topological polar surface area (TPSA) is 66.4 Å². The van der Waals surface area contributed by atoms with Gasteiger partial charge in [-0.2, -0.15) is 13.2 Å². The van der Waals surface area contributed by atoms with Crippen molar-refractivity contribution in [3.05, 3.63) is 0 Å². The van der Waals surface area contributed by atoms with E-state index in [4.69, 9.17) is 5.11 Å². The number of alkyl halides is 3. The van der Waals surface area contributed by atoms with Gasteiger partial charge >= 0.3 is 18.1 Å². The number of carboxylic acid groups (broad SMARTS) is 1. The molecule has 0 saturated heterocycles. The van der Waals surface area contributed by atoms with Gasteiger partial charge in [0, 0.05) is 6.54 Å². The van der Waals surface area contributed by atoms with Crippen molar-refractivity contribution in [1.82, 2.24) is 5.32 Å². The summed E-state index contributed by atoms with van der Waals surface area (Å²) >= 11 is 0. The van der Waals surface area contributed by atoms with Crippen molar-refractivity contribution >= 4 is 11.9 Å². The Morgan fingerprint density at radius 2 is 1.81 bits per heavy atom. The predicted octanol–water partition coefficient (Wildman–Crippen LogP) is 1.41. The van der Waals surface area contributed by atoms with Gasteiger partial charge in [0.25, 0.3) is 0 Å². The Balaban J connectivity index is 4.06. The van der Waals surface area contributed by atoms with E-state index in [1.54, 1.807) is 19.2 Å². The SMILES string of the molecule is CC(C)C(CCNC(=O)C(F)(F)F)C(=O)O. The highest BCUT2D eigenvalue weighted by atomic mass is 19.4. The zero-order valence-corrected chi connectivity index (χ0v) is 8.97. The average Bonchev–Trinajstić information content (AvgIpc) is 2.08. The number of carboxylic acids is 1. The molecule has 94 valence electrons. The van der Waals surface area contributed by atoms with E-state index in [1.165, 1.54) is 0 Å². The fourth-order valence-corrected chi connectivity index (χ4v) is 1.18. The van der Waals surface area contributed by atoms with Gasteiger partial charge in [-0.3, -0.25) is 9.59 Å². The molecule has 0 bridgehead atoms. The molecule has 0 aromatic rings. The molecule has 0 heterocycles. The van der Waals surface area contributed by atoms with Crippen LogP contribution in [0.5, 0.6) is 0 Å². The van der Waals surface area contributed by atoms with Crippen molar-refractivity contribution in [2.24, 2.45) is 11.8 Å². The van der Waals surface area contributed by atoms with Crippen molar-refractivity contribution in [1.29, 1.82) is 0 Å². The van der Waals surface area contributed by atoms with E-state index in [0.29, 0.717) is 0 Å². The van der Waals surface area contributed by atoms with Gasteiger partial charge in [0.2, 0.25) is 0 Å². The molecule has 1 unspecified atom stereocenters. The van der Waals surface area contributed by atoms with Crippen LogP contribution >= 0.6 is 0 Å². The van der Waals surface area contributed by atoms with Crippen LogP contribution in [-0.4, -0.2) is 29.7 Å². The van der Waals surface area contributed by atoms with Crippen molar-refractivity contribution < 1.29 is 27.9 Å². The fraction of sp³-hybridized carbons (Fsp3) is 0.778. The first-order valence-electron chi connectivity index (χ1n) is 4.74. The Bertz CT molecular complexity index is 263. The predicted molar refractivity (Wildman–Crippen MR) is 49.6 cm³/mol. The van der Waals surface area contributed by atoms with Gasteiger partial charge in [0.15, 0.2) is 0 Å². The quantitative estimate of drug-likeness (QED) is 0.764. The van der Waals surface area contributed by atoms with Crippen LogP contribution in [0.25, 0.3) is 0 Å². The van der Waals surface area contributed by atoms with E-state index in [9.17, 15) is 22.8 Å². The van der Waals surface area contributed by atoms with Crippen molar-refractivity contribution in [3.8, 4) is 0 Å². The molecule has 0 aliphatic rings. The number of carbonyl (C=O) groups excluding carboxylic acids is 1. The molecule has 1 amide bonds. The van der Waals surface area contributed by atoms with E-state index in [1.807, 2.05) is 0 Å². The van der Waals surface area contributed by atoms with E-state index < -0.39 is 24.0 Å². The third kappa shape index (κ3) is 4.99. The number of halogens is 3. The van der Waals surface area contributed by atoms with Crippen LogP contribution in [0, 0.1) is 11.8 Å². The van der Waals surface area contributed by atoms with Gasteiger partial charge in [0.1, 0.15) is 0 Å². The molecule has 0 fully saturated rings. The van der Waals surface area contributed by atoms with E-state index in [-0.39, 0.29) is 18.9 Å². The van der Waals surface area contributed by atoms with Gasteiger partial charge in [0.05, 0.1) is 5.92 Å². The zero-order valence-electron chi connectivity index (χ0n) is 8.97. The second-order valence-electron chi connectivity index (χ2n) is 3.73. The average molecular weight is 241 g/mol. The molecule has 0 aromatic carbocycles. The Kier molecular flexibility index (Phi) is 5.26. The lowest BCUT2D eigenvalue weighted by Crippen LogP contribution is -2.38. The van der Waals surface area contributed by atoms with Crippen LogP contribution in [0.4, 0.5) is 13.2 Å². The first-order chi connectivity index (χ1) is 7.16. The first kappa shape index (κ1) is 14.7. The Labute approximate surface area is 90.8 Å². The fourth-order valence-electron chi connectivity index (χ4n) is 1.18. The van der Waals surface area contributed by atoms with Gasteiger partial charge < -0.3 is 10.4 Å². The number of aliphatic carboxylic acids is 1. The number of nitrogens with one attached hydrogen (secondary N) is 1. The highest BCUT2D eigenvalue weighted by Crippen LogP contribution is 2.16. The van der Waals surface area contributed by atoms with Gasteiger partial charge in [-0.1, -0.05) is 13.8 Å². The molecule has 0 rings (SSSR count). The molecule has 0 aromatic heterocycles. The van der Waals surface area contributed by atoms with Crippen LogP contribution in [0.2, 0.25) is 0 Å².